The standard InChI is InChI=1S/C25H21F2NO4/c1-30-15-20-19-9-5-6-10-21(19)32-23(20)24(29)28-22(16-7-3-2-4-8-16)17-11-13-18(14-12-17)31-25(26)27/h2-14,22,25H,15H2,1H3,(H,28,29). The van der Waals surface area contributed by atoms with Crippen LogP contribution < -0.4 is 10.1 Å². The third-order valence-electron chi connectivity index (χ3n) is 5.04. The van der Waals surface area contributed by atoms with Gasteiger partial charge < -0.3 is 19.2 Å². The first-order valence-electron chi connectivity index (χ1n) is 9.96. The Hall–Kier alpha value is -3.71. The second kappa shape index (κ2) is 9.62. The van der Waals surface area contributed by atoms with Crippen LogP contribution in [0.3, 0.4) is 0 Å². The van der Waals surface area contributed by atoms with Crippen LogP contribution in [0.4, 0.5) is 8.78 Å². The Morgan fingerprint density at radius 2 is 1.59 bits per heavy atom. The fraction of sp³-hybridized carbons (Fsp3) is 0.160. The minimum absolute atomic E-state index is 0.0431. The zero-order chi connectivity index (χ0) is 22.5. The van der Waals surface area contributed by atoms with Crippen molar-refractivity contribution < 1.29 is 27.5 Å². The van der Waals surface area contributed by atoms with Crippen LogP contribution in [0.15, 0.2) is 83.3 Å². The molecule has 0 aliphatic rings. The number of furan rings is 1. The number of ether oxygens (including phenoxy) is 2. The fourth-order valence-corrected chi connectivity index (χ4v) is 3.61. The van der Waals surface area contributed by atoms with Gasteiger partial charge in [0.05, 0.1) is 12.6 Å². The van der Waals surface area contributed by atoms with Crippen molar-refractivity contribution in [2.45, 2.75) is 19.3 Å². The number of alkyl halides is 2. The summed E-state index contributed by atoms with van der Waals surface area (Å²) in [7, 11) is 1.55. The summed E-state index contributed by atoms with van der Waals surface area (Å²) in [6.45, 7) is -2.69. The van der Waals surface area contributed by atoms with Crippen LogP contribution in [0.2, 0.25) is 0 Å². The van der Waals surface area contributed by atoms with Crippen LogP contribution in [-0.2, 0) is 11.3 Å². The molecule has 3 aromatic carbocycles. The largest absolute Gasteiger partial charge is 0.451 e. The van der Waals surface area contributed by atoms with Gasteiger partial charge in [-0.05, 0) is 29.3 Å². The number of hydrogen-bond donors (Lipinski definition) is 1. The molecule has 1 atom stereocenters. The zero-order valence-corrected chi connectivity index (χ0v) is 17.3. The molecule has 1 aromatic heterocycles. The van der Waals surface area contributed by atoms with Gasteiger partial charge in [0.15, 0.2) is 5.76 Å². The number of para-hydroxylation sites is 1. The van der Waals surface area contributed by atoms with Crippen molar-refractivity contribution in [1.29, 1.82) is 0 Å². The Bertz CT molecular complexity index is 1190. The molecular formula is C25H21F2NO4. The molecule has 7 heteroatoms. The minimum atomic E-state index is -2.90. The molecule has 4 aromatic rings. The number of carbonyl (C=O) groups excluding carboxylic acids is 1. The van der Waals surface area contributed by atoms with Crippen molar-refractivity contribution in [2.24, 2.45) is 0 Å². The quantitative estimate of drug-likeness (QED) is 0.384. The molecule has 0 aliphatic carbocycles. The summed E-state index contributed by atoms with van der Waals surface area (Å²) in [6.07, 6.45) is 0. The molecule has 0 saturated carbocycles. The predicted octanol–water partition coefficient (Wildman–Crippen LogP) is 5.70. The molecule has 1 N–H and O–H groups in total. The van der Waals surface area contributed by atoms with Crippen LogP contribution >= 0.6 is 0 Å². The molecule has 0 spiro atoms. The van der Waals surface area contributed by atoms with Crippen LogP contribution in [-0.4, -0.2) is 19.6 Å². The first-order valence-corrected chi connectivity index (χ1v) is 9.96. The van der Waals surface area contributed by atoms with E-state index in [-0.39, 0.29) is 18.1 Å². The third kappa shape index (κ3) is 4.63. The van der Waals surface area contributed by atoms with E-state index < -0.39 is 18.6 Å². The molecule has 0 bridgehead atoms. The monoisotopic (exact) mass is 437 g/mol. The molecule has 0 saturated heterocycles. The summed E-state index contributed by atoms with van der Waals surface area (Å²) in [4.78, 5) is 13.3. The van der Waals surface area contributed by atoms with Crippen molar-refractivity contribution in [3.63, 3.8) is 0 Å². The van der Waals surface area contributed by atoms with Crippen LogP contribution in [0, 0.1) is 0 Å². The maximum atomic E-state index is 13.3. The number of hydrogen-bond acceptors (Lipinski definition) is 4. The van der Waals surface area contributed by atoms with Gasteiger partial charge in [0.25, 0.3) is 5.91 Å². The molecule has 32 heavy (non-hydrogen) atoms. The number of halogens is 2. The first-order chi connectivity index (χ1) is 15.6. The summed E-state index contributed by atoms with van der Waals surface area (Å²) in [6, 6.07) is 22.4. The van der Waals surface area contributed by atoms with Gasteiger partial charge in [-0.15, -0.1) is 0 Å². The second-order valence-electron chi connectivity index (χ2n) is 7.10. The second-order valence-corrected chi connectivity index (χ2v) is 7.10. The van der Waals surface area contributed by atoms with Gasteiger partial charge in [-0.1, -0.05) is 60.7 Å². The van der Waals surface area contributed by atoms with Gasteiger partial charge in [0, 0.05) is 18.1 Å². The first kappa shape index (κ1) is 21.5. The minimum Gasteiger partial charge on any atom is -0.451 e. The SMILES string of the molecule is COCc1c(C(=O)NC(c2ccccc2)c2ccc(OC(F)F)cc2)oc2ccccc12. The van der Waals surface area contributed by atoms with Crippen molar-refractivity contribution >= 4 is 16.9 Å². The van der Waals surface area contributed by atoms with Crippen LogP contribution in [0.5, 0.6) is 5.75 Å². The summed E-state index contributed by atoms with van der Waals surface area (Å²) >= 11 is 0. The topological polar surface area (TPSA) is 60.7 Å². The van der Waals surface area contributed by atoms with Crippen molar-refractivity contribution in [1.82, 2.24) is 5.32 Å². The van der Waals surface area contributed by atoms with Crippen molar-refractivity contribution in [3.8, 4) is 5.75 Å². The molecule has 4 rings (SSSR count). The lowest BCUT2D eigenvalue weighted by Gasteiger charge is -2.20. The van der Waals surface area contributed by atoms with Crippen LogP contribution in [0.25, 0.3) is 11.0 Å². The lowest BCUT2D eigenvalue weighted by molar-refractivity contribution is -0.0498. The summed E-state index contributed by atoms with van der Waals surface area (Å²) < 4.78 is 40.6. The van der Waals surface area contributed by atoms with Crippen molar-refractivity contribution in [3.05, 3.63) is 101 Å². The highest BCUT2D eigenvalue weighted by atomic mass is 19.3. The van der Waals surface area contributed by atoms with E-state index in [4.69, 9.17) is 9.15 Å². The van der Waals surface area contributed by atoms with Crippen LogP contribution in [0.1, 0.15) is 33.3 Å². The Labute approximate surface area is 183 Å². The van der Waals surface area contributed by atoms with E-state index in [9.17, 15) is 13.6 Å². The maximum absolute atomic E-state index is 13.3. The highest BCUT2D eigenvalue weighted by molar-refractivity contribution is 5.99. The zero-order valence-electron chi connectivity index (χ0n) is 17.3. The number of carbonyl (C=O) groups is 1. The van der Waals surface area contributed by atoms with E-state index in [1.165, 1.54) is 12.1 Å². The van der Waals surface area contributed by atoms with Gasteiger partial charge in [-0.2, -0.15) is 8.78 Å². The van der Waals surface area contributed by atoms with E-state index in [1.54, 1.807) is 25.3 Å². The number of methoxy groups -OCH3 is 1. The van der Waals surface area contributed by atoms with Gasteiger partial charge in [-0.25, -0.2) is 0 Å². The number of fused-ring (bicyclic) bond motifs is 1. The fourth-order valence-electron chi connectivity index (χ4n) is 3.61. The molecular weight excluding hydrogens is 416 g/mol. The molecule has 5 nitrogen and oxygen atoms in total. The number of rotatable bonds is 8. The van der Waals surface area contributed by atoms with E-state index in [1.807, 2.05) is 48.5 Å². The third-order valence-corrected chi connectivity index (χ3v) is 5.04. The smallest absolute Gasteiger partial charge is 0.387 e. The summed E-state index contributed by atoms with van der Waals surface area (Å²) in [5, 5.41) is 3.82. The number of nitrogens with one attached hydrogen (secondary N) is 1. The van der Waals surface area contributed by atoms with Crippen molar-refractivity contribution in [2.75, 3.05) is 7.11 Å². The van der Waals surface area contributed by atoms with E-state index in [0.29, 0.717) is 16.7 Å². The number of amides is 1. The average Bonchev–Trinajstić information content (AvgIpc) is 3.17. The molecule has 1 unspecified atom stereocenters. The van der Waals surface area contributed by atoms with Gasteiger partial charge in [0.2, 0.25) is 0 Å². The number of benzene rings is 3. The lowest BCUT2D eigenvalue weighted by Crippen LogP contribution is -2.29. The molecule has 164 valence electrons. The Morgan fingerprint density at radius 3 is 2.28 bits per heavy atom. The molecule has 1 amide bonds. The van der Waals surface area contributed by atoms with Gasteiger partial charge in [-0.3, -0.25) is 4.79 Å². The Morgan fingerprint density at radius 1 is 0.938 bits per heavy atom. The van der Waals surface area contributed by atoms with E-state index in [0.717, 1.165) is 10.9 Å². The Balaban J connectivity index is 1.68. The predicted molar refractivity (Wildman–Crippen MR) is 116 cm³/mol. The Kier molecular flexibility index (Phi) is 6.47. The van der Waals surface area contributed by atoms with Gasteiger partial charge in [0.1, 0.15) is 11.3 Å². The van der Waals surface area contributed by atoms with Gasteiger partial charge >= 0.3 is 6.61 Å². The normalized spacial score (nSPS) is 12.1. The van der Waals surface area contributed by atoms with E-state index >= 15 is 0 Å². The summed E-state index contributed by atoms with van der Waals surface area (Å²) in [5.74, 6) is -0.191. The molecule has 0 aliphatic heterocycles. The molecule has 1 heterocycles. The highest BCUT2D eigenvalue weighted by Crippen LogP contribution is 2.29. The molecule has 0 fully saturated rings. The summed E-state index contributed by atoms with van der Waals surface area (Å²) in [5.41, 5.74) is 2.78. The highest BCUT2D eigenvalue weighted by Gasteiger charge is 2.24. The maximum Gasteiger partial charge on any atom is 0.387 e. The lowest BCUT2D eigenvalue weighted by atomic mass is 9.98. The van der Waals surface area contributed by atoms with E-state index in [2.05, 4.69) is 10.1 Å². The average molecular weight is 437 g/mol. The molecule has 0 radical (unpaired) electrons.